The minimum absolute atomic E-state index is 0.0423. The Morgan fingerprint density at radius 3 is 2.17 bits per heavy atom. The summed E-state index contributed by atoms with van der Waals surface area (Å²) < 4.78 is 11.1. The molecule has 35 heavy (non-hydrogen) atoms. The van der Waals surface area contributed by atoms with Crippen LogP contribution in [-0.2, 0) is 18.8 Å². The molecule has 0 saturated heterocycles. The summed E-state index contributed by atoms with van der Waals surface area (Å²) in [5, 5.41) is 11.6. The molecule has 0 aromatic rings. The lowest BCUT2D eigenvalue weighted by Gasteiger charge is -2.50. The maximum Gasteiger partial charge on any atom is 0.302 e. The number of aliphatic hydroxyl groups is 1. The van der Waals surface area contributed by atoms with Gasteiger partial charge in [-0.3, -0.25) is 9.59 Å². The number of rotatable bonds is 4. The number of Topliss-reactive ketones (excluding diaryl/α,β-unsaturated/α-hetero) is 1. The van der Waals surface area contributed by atoms with E-state index in [0.717, 1.165) is 6.42 Å². The fraction of sp³-hybridized carbons (Fsp3) is 0.852. The summed E-state index contributed by atoms with van der Waals surface area (Å²) in [4.78, 5) is 26.1. The van der Waals surface area contributed by atoms with Crippen LogP contribution in [0, 0.1) is 23.2 Å². The normalized spacial score (nSPS) is 41.5. The van der Waals surface area contributed by atoms with Crippen molar-refractivity contribution in [1.82, 2.24) is 0 Å². The molecule has 3 fully saturated rings. The maximum atomic E-state index is 14.0. The van der Waals surface area contributed by atoms with E-state index in [1.807, 2.05) is 6.92 Å². The summed E-state index contributed by atoms with van der Waals surface area (Å²) >= 11 is 13.7. The smallest absolute Gasteiger partial charge is 0.302 e. The lowest BCUT2D eigenvalue weighted by molar-refractivity contribution is -0.151. The number of esters is 1. The van der Waals surface area contributed by atoms with E-state index in [1.165, 1.54) is 6.92 Å². The van der Waals surface area contributed by atoms with Gasteiger partial charge in [0.15, 0.2) is 18.4 Å². The number of halogens is 2. The second kappa shape index (κ2) is 8.83. The third-order valence-corrected chi connectivity index (χ3v) is 15.2. The Kier molecular flexibility index (Phi) is 7.35. The van der Waals surface area contributed by atoms with Crippen molar-refractivity contribution in [3.8, 4) is 0 Å². The molecule has 5 nitrogen and oxygen atoms in total. The quantitative estimate of drug-likeness (QED) is 0.186. The summed E-state index contributed by atoms with van der Waals surface area (Å²) in [6.45, 7) is 22.4. The van der Waals surface area contributed by atoms with Crippen LogP contribution in [0.15, 0.2) is 12.2 Å². The standard InChI is InChI=1S/C27H44Cl2O5Si/c1-16(2)26(32)12-11-24(7)13-18-21(22(31)27(28,29)15-20(24)26)19(33-17(3)30)14-25(18,8)34-35(9,10)23(4,5)6/h18-21,32H,1,11-15H2,2-10H3/t18-,19-,20+,21-,24+,25+,26-/m0/s1. The predicted octanol–water partition coefficient (Wildman–Crippen LogP) is 6.60. The molecule has 0 heterocycles. The molecule has 0 aliphatic heterocycles. The highest BCUT2D eigenvalue weighted by Crippen LogP contribution is 2.64. The maximum absolute atomic E-state index is 14.0. The lowest BCUT2D eigenvalue weighted by Crippen LogP contribution is -2.55. The fourth-order valence-corrected chi connectivity index (χ4v) is 9.13. The highest BCUT2D eigenvalue weighted by Gasteiger charge is 2.67. The van der Waals surface area contributed by atoms with Crippen LogP contribution in [0.2, 0.25) is 18.1 Å². The van der Waals surface area contributed by atoms with Crippen molar-refractivity contribution in [3.05, 3.63) is 12.2 Å². The minimum atomic E-state index is -2.26. The van der Waals surface area contributed by atoms with Crippen LogP contribution in [0.3, 0.4) is 0 Å². The van der Waals surface area contributed by atoms with Crippen molar-refractivity contribution in [2.75, 3.05) is 0 Å². The number of hydrogen-bond donors (Lipinski definition) is 1. The van der Waals surface area contributed by atoms with E-state index in [4.69, 9.17) is 32.4 Å². The second-order valence-electron chi connectivity index (χ2n) is 13.5. The van der Waals surface area contributed by atoms with E-state index in [9.17, 15) is 14.7 Å². The van der Waals surface area contributed by atoms with Crippen LogP contribution >= 0.6 is 23.2 Å². The Morgan fingerprint density at radius 1 is 1.11 bits per heavy atom. The van der Waals surface area contributed by atoms with Gasteiger partial charge in [0.1, 0.15) is 6.10 Å². The molecule has 0 unspecified atom stereocenters. The largest absolute Gasteiger partial charge is 0.462 e. The zero-order valence-electron chi connectivity index (χ0n) is 22.9. The van der Waals surface area contributed by atoms with Gasteiger partial charge in [-0.05, 0) is 68.7 Å². The summed E-state index contributed by atoms with van der Waals surface area (Å²) in [6.07, 6.45) is 1.84. The van der Waals surface area contributed by atoms with E-state index in [2.05, 4.69) is 54.3 Å². The predicted molar refractivity (Wildman–Crippen MR) is 143 cm³/mol. The first-order chi connectivity index (χ1) is 15.6. The molecule has 1 N–H and O–H groups in total. The highest BCUT2D eigenvalue weighted by atomic mass is 35.5. The average Bonchev–Trinajstić information content (AvgIpc) is 3.05. The first kappa shape index (κ1) is 29.2. The lowest BCUT2D eigenvalue weighted by atomic mass is 9.61. The third kappa shape index (κ3) is 4.92. The molecule has 200 valence electrons. The third-order valence-electron chi connectivity index (χ3n) is 9.88. The van der Waals surface area contributed by atoms with Gasteiger partial charge in [0.2, 0.25) is 0 Å². The van der Waals surface area contributed by atoms with E-state index < -0.39 is 41.8 Å². The summed E-state index contributed by atoms with van der Waals surface area (Å²) in [5.74, 6) is -2.02. The Labute approximate surface area is 222 Å². The molecule has 8 heteroatoms. The molecular formula is C27H44Cl2O5Si. The van der Waals surface area contributed by atoms with Crippen molar-refractivity contribution >= 4 is 43.3 Å². The summed E-state index contributed by atoms with van der Waals surface area (Å²) in [5.41, 5.74) is -1.51. The highest BCUT2D eigenvalue weighted by molar-refractivity contribution is 6.74. The Balaban J connectivity index is 2.17. The second-order valence-corrected chi connectivity index (χ2v) is 19.8. The SMILES string of the molecule is C=C(C)[C@@]1(O)CC[C@]2(C)C[C@H]3[C@H](C(=O)C(Cl)(Cl)C[C@H]21)[C@@H](OC(C)=O)C[C@@]3(C)O[Si](C)(C)C(C)(C)C. The van der Waals surface area contributed by atoms with Crippen molar-refractivity contribution in [2.24, 2.45) is 23.2 Å². The molecule has 0 spiro atoms. The van der Waals surface area contributed by atoms with Gasteiger partial charge < -0.3 is 14.3 Å². The molecule has 0 aromatic carbocycles. The van der Waals surface area contributed by atoms with Crippen LogP contribution < -0.4 is 0 Å². The molecule has 3 rings (SSSR count). The van der Waals surface area contributed by atoms with Crippen LogP contribution in [0.1, 0.15) is 80.6 Å². The molecule has 0 radical (unpaired) electrons. The van der Waals surface area contributed by atoms with Crippen LogP contribution in [0.5, 0.6) is 0 Å². The van der Waals surface area contributed by atoms with E-state index in [0.29, 0.717) is 24.8 Å². The van der Waals surface area contributed by atoms with Gasteiger partial charge in [-0.25, -0.2) is 0 Å². The van der Waals surface area contributed by atoms with Gasteiger partial charge in [0.25, 0.3) is 0 Å². The molecule has 3 aliphatic rings. The van der Waals surface area contributed by atoms with Crippen molar-refractivity contribution < 1.29 is 23.9 Å². The van der Waals surface area contributed by atoms with Gasteiger partial charge in [0, 0.05) is 25.2 Å². The van der Waals surface area contributed by atoms with E-state index in [-0.39, 0.29) is 34.5 Å². The number of fused-ring (bicyclic) bond motifs is 2. The molecular weight excluding hydrogens is 503 g/mol. The number of alkyl halides is 2. The summed E-state index contributed by atoms with van der Waals surface area (Å²) in [6, 6.07) is 0. The zero-order valence-corrected chi connectivity index (χ0v) is 25.4. The topological polar surface area (TPSA) is 72.8 Å². The van der Waals surface area contributed by atoms with Gasteiger partial charge in [-0.1, -0.05) is 57.5 Å². The van der Waals surface area contributed by atoms with Gasteiger partial charge >= 0.3 is 5.97 Å². The molecule has 3 saturated carbocycles. The van der Waals surface area contributed by atoms with Gasteiger partial charge in [-0.2, -0.15) is 0 Å². The monoisotopic (exact) mass is 546 g/mol. The fourth-order valence-electron chi connectivity index (χ4n) is 6.87. The zero-order chi connectivity index (χ0) is 27.0. The number of carbonyl (C=O) groups is 2. The number of carbonyl (C=O) groups excluding carboxylic acids is 2. The van der Waals surface area contributed by atoms with Gasteiger partial charge in [-0.15, -0.1) is 0 Å². The van der Waals surface area contributed by atoms with Crippen LogP contribution in [0.25, 0.3) is 0 Å². The van der Waals surface area contributed by atoms with Crippen molar-refractivity contribution in [1.29, 1.82) is 0 Å². The van der Waals surface area contributed by atoms with Gasteiger partial charge in [0.05, 0.1) is 17.1 Å². The molecule has 0 amide bonds. The van der Waals surface area contributed by atoms with Crippen LogP contribution in [0.4, 0.5) is 0 Å². The average molecular weight is 548 g/mol. The Bertz CT molecular complexity index is 912. The number of ether oxygens (including phenoxy) is 1. The Hall–Kier alpha value is -0.403. The van der Waals surface area contributed by atoms with E-state index in [1.54, 1.807) is 0 Å². The summed E-state index contributed by atoms with van der Waals surface area (Å²) in [7, 11) is -2.26. The van der Waals surface area contributed by atoms with Crippen LogP contribution in [-0.4, -0.2) is 46.8 Å². The number of ketones is 1. The minimum Gasteiger partial charge on any atom is -0.462 e. The molecule has 0 aromatic heterocycles. The Morgan fingerprint density at radius 2 is 1.69 bits per heavy atom. The molecule has 3 aliphatic carbocycles. The van der Waals surface area contributed by atoms with E-state index >= 15 is 0 Å². The first-order valence-corrected chi connectivity index (χ1v) is 16.4. The van der Waals surface area contributed by atoms with Crippen molar-refractivity contribution in [2.45, 2.75) is 120 Å². The molecule has 0 bridgehead atoms. The molecule has 7 atom stereocenters. The number of hydrogen-bond acceptors (Lipinski definition) is 5. The first-order valence-electron chi connectivity index (χ1n) is 12.8. The van der Waals surface area contributed by atoms with Crippen molar-refractivity contribution in [3.63, 3.8) is 0 Å².